The van der Waals surface area contributed by atoms with Gasteiger partial charge in [0.2, 0.25) is 0 Å². The number of tetrazole rings is 2. The van der Waals surface area contributed by atoms with E-state index in [9.17, 15) is 4.79 Å². The number of halogens is 1. The van der Waals surface area contributed by atoms with E-state index in [1.54, 1.807) is 28.9 Å². The van der Waals surface area contributed by atoms with Crippen molar-refractivity contribution in [3.8, 4) is 5.69 Å². The van der Waals surface area contributed by atoms with E-state index in [2.05, 4.69) is 26.0 Å². The van der Waals surface area contributed by atoms with Crippen LogP contribution in [0.2, 0.25) is 5.02 Å². The minimum absolute atomic E-state index is 0.173. The molecule has 0 radical (unpaired) electrons. The van der Waals surface area contributed by atoms with Crippen LogP contribution in [0.4, 0.5) is 0 Å². The zero-order valence-corrected chi connectivity index (χ0v) is 12.1. The normalized spacial score (nSPS) is 14.4. The minimum atomic E-state index is -0.390. The first kappa shape index (κ1) is 13.1. The predicted molar refractivity (Wildman–Crippen MR) is 75.8 cm³/mol. The Hall–Kier alpha value is -2.55. The number of hydrogen-bond acceptors (Lipinski definition) is 6. The summed E-state index contributed by atoms with van der Waals surface area (Å²) < 4.78 is 4.11. The summed E-state index contributed by atoms with van der Waals surface area (Å²) in [5.41, 5.74) is 0.0978. The molecule has 3 aromatic rings. The standard InChI is InChI=1S/C12H11ClN8O/c13-9-3-1-2-4-10(9)21-12(22)19(17-18-21)7-11-14-15-16-20(11)8-5-6-8/h1-4,8H,5-7H2. The molecule has 2 heterocycles. The summed E-state index contributed by atoms with van der Waals surface area (Å²) in [5.74, 6) is 0.593. The highest BCUT2D eigenvalue weighted by atomic mass is 35.5. The van der Waals surface area contributed by atoms with Crippen LogP contribution in [0.25, 0.3) is 5.69 Å². The van der Waals surface area contributed by atoms with Crippen LogP contribution in [0.5, 0.6) is 0 Å². The molecule has 0 unspecified atom stereocenters. The molecule has 1 saturated carbocycles. The fraction of sp³-hybridized carbons (Fsp3) is 0.333. The van der Waals surface area contributed by atoms with Crippen LogP contribution in [-0.4, -0.2) is 40.0 Å². The van der Waals surface area contributed by atoms with Crippen LogP contribution in [0, 0.1) is 0 Å². The quantitative estimate of drug-likeness (QED) is 0.693. The molecule has 0 spiro atoms. The van der Waals surface area contributed by atoms with Crippen molar-refractivity contribution < 1.29 is 0 Å². The largest absolute Gasteiger partial charge is 0.368 e. The number of benzene rings is 1. The molecule has 22 heavy (non-hydrogen) atoms. The van der Waals surface area contributed by atoms with Crippen molar-refractivity contribution in [3.63, 3.8) is 0 Å². The van der Waals surface area contributed by atoms with Gasteiger partial charge < -0.3 is 0 Å². The van der Waals surface area contributed by atoms with Gasteiger partial charge in [0.05, 0.1) is 16.8 Å². The number of rotatable bonds is 4. The molecule has 2 aromatic heterocycles. The van der Waals surface area contributed by atoms with Gasteiger partial charge in [-0.1, -0.05) is 23.7 Å². The van der Waals surface area contributed by atoms with Crippen molar-refractivity contribution in [2.75, 3.05) is 0 Å². The van der Waals surface area contributed by atoms with Crippen molar-refractivity contribution in [1.29, 1.82) is 0 Å². The van der Waals surface area contributed by atoms with E-state index in [-0.39, 0.29) is 6.54 Å². The number of aromatic nitrogens is 8. The topological polar surface area (TPSA) is 96.3 Å². The highest BCUT2D eigenvalue weighted by Crippen LogP contribution is 2.34. The summed E-state index contributed by atoms with van der Waals surface area (Å²) in [5, 5.41) is 19.7. The van der Waals surface area contributed by atoms with Gasteiger partial charge in [0.1, 0.15) is 6.54 Å². The van der Waals surface area contributed by atoms with E-state index in [1.165, 1.54) is 4.68 Å². The molecule has 0 saturated heterocycles. The van der Waals surface area contributed by atoms with Gasteiger partial charge in [0, 0.05) is 0 Å². The number of para-hydroxylation sites is 1. The average Bonchev–Trinajstić information content (AvgIpc) is 3.16. The zero-order valence-electron chi connectivity index (χ0n) is 11.4. The first-order valence-corrected chi connectivity index (χ1v) is 7.16. The summed E-state index contributed by atoms with van der Waals surface area (Å²) in [6.45, 7) is 0.173. The van der Waals surface area contributed by atoms with E-state index >= 15 is 0 Å². The smallest absolute Gasteiger partial charge is 0.244 e. The highest BCUT2D eigenvalue weighted by Gasteiger charge is 2.28. The number of nitrogens with zero attached hydrogens (tertiary/aromatic N) is 8. The SMILES string of the molecule is O=c1n(Cc2nnnn2C2CC2)nnn1-c1ccccc1Cl. The maximum atomic E-state index is 12.4. The molecule has 0 aliphatic heterocycles. The van der Waals surface area contributed by atoms with Crippen LogP contribution >= 0.6 is 11.6 Å². The van der Waals surface area contributed by atoms with Crippen LogP contribution in [0.1, 0.15) is 24.7 Å². The maximum absolute atomic E-state index is 12.4. The van der Waals surface area contributed by atoms with Gasteiger partial charge in [-0.2, -0.15) is 9.36 Å². The second kappa shape index (κ2) is 5.02. The molecule has 0 N–H and O–H groups in total. The van der Waals surface area contributed by atoms with E-state index in [0.717, 1.165) is 17.5 Å². The second-order valence-electron chi connectivity index (χ2n) is 5.05. The van der Waals surface area contributed by atoms with Crippen LogP contribution in [0.3, 0.4) is 0 Å². The van der Waals surface area contributed by atoms with E-state index < -0.39 is 5.69 Å². The van der Waals surface area contributed by atoms with Gasteiger partial charge >= 0.3 is 5.69 Å². The molecule has 112 valence electrons. The Balaban J connectivity index is 1.68. The Kier molecular flexibility index (Phi) is 3.00. The van der Waals surface area contributed by atoms with Crippen molar-refractivity contribution in [2.45, 2.75) is 25.4 Å². The first-order valence-electron chi connectivity index (χ1n) is 6.78. The monoisotopic (exact) mass is 318 g/mol. The molecular weight excluding hydrogens is 308 g/mol. The lowest BCUT2D eigenvalue weighted by Crippen LogP contribution is -2.26. The fourth-order valence-electron chi connectivity index (χ4n) is 2.20. The predicted octanol–water partition coefficient (Wildman–Crippen LogP) is 0.452. The molecule has 0 atom stereocenters. The summed E-state index contributed by atoms with van der Waals surface area (Å²) in [6.07, 6.45) is 2.11. The minimum Gasteiger partial charge on any atom is -0.244 e. The van der Waals surface area contributed by atoms with Crippen molar-refractivity contribution in [2.24, 2.45) is 0 Å². The van der Waals surface area contributed by atoms with Gasteiger partial charge in [0.25, 0.3) is 0 Å². The molecule has 10 heteroatoms. The lowest BCUT2D eigenvalue weighted by Gasteiger charge is -2.01. The summed E-state index contributed by atoms with van der Waals surface area (Å²) in [4.78, 5) is 12.4. The lowest BCUT2D eigenvalue weighted by molar-refractivity contribution is 0.536. The van der Waals surface area contributed by atoms with E-state index in [0.29, 0.717) is 22.6 Å². The average molecular weight is 319 g/mol. The Morgan fingerprint density at radius 1 is 1.18 bits per heavy atom. The molecule has 0 amide bonds. The highest BCUT2D eigenvalue weighted by molar-refractivity contribution is 6.32. The molecule has 0 bridgehead atoms. The summed E-state index contributed by atoms with van der Waals surface area (Å²) >= 11 is 6.08. The molecule has 9 nitrogen and oxygen atoms in total. The van der Waals surface area contributed by atoms with Gasteiger partial charge in [-0.25, -0.2) is 9.48 Å². The third-order valence-corrected chi connectivity index (χ3v) is 3.78. The molecule has 1 aromatic carbocycles. The second-order valence-corrected chi connectivity index (χ2v) is 5.46. The molecular formula is C12H11ClN8O. The first-order chi connectivity index (χ1) is 10.7. The Labute approximate surface area is 129 Å². The molecule has 1 aliphatic rings. The van der Waals surface area contributed by atoms with Gasteiger partial charge in [0.15, 0.2) is 5.82 Å². The fourth-order valence-corrected chi connectivity index (χ4v) is 2.42. The van der Waals surface area contributed by atoms with E-state index in [1.807, 2.05) is 0 Å². The van der Waals surface area contributed by atoms with Crippen LogP contribution < -0.4 is 5.69 Å². The third kappa shape index (κ3) is 2.19. The van der Waals surface area contributed by atoms with Crippen molar-refractivity contribution in [3.05, 3.63) is 45.6 Å². The Morgan fingerprint density at radius 2 is 2.00 bits per heavy atom. The Morgan fingerprint density at radius 3 is 2.77 bits per heavy atom. The molecule has 1 aliphatic carbocycles. The maximum Gasteiger partial charge on any atom is 0.368 e. The molecule has 4 rings (SSSR count). The third-order valence-electron chi connectivity index (χ3n) is 3.46. The summed E-state index contributed by atoms with van der Waals surface area (Å²) in [7, 11) is 0. The molecule has 1 fully saturated rings. The summed E-state index contributed by atoms with van der Waals surface area (Å²) in [6, 6.07) is 7.29. The number of hydrogen-bond donors (Lipinski definition) is 0. The zero-order chi connectivity index (χ0) is 15.1. The van der Waals surface area contributed by atoms with Crippen molar-refractivity contribution >= 4 is 11.6 Å². The Bertz CT molecular complexity index is 877. The van der Waals surface area contributed by atoms with Gasteiger partial charge in [-0.3, -0.25) is 0 Å². The van der Waals surface area contributed by atoms with E-state index in [4.69, 9.17) is 11.6 Å². The lowest BCUT2D eigenvalue weighted by atomic mass is 10.3. The van der Waals surface area contributed by atoms with Crippen molar-refractivity contribution in [1.82, 2.24) is 40.0 Å². The van der Waals surface area contributed by atoms with Crippen LogP contribution in [-0.2, 0) is 6.54 Å². The van der Waals surface area contributed by atoms with Gasteiger partial charge in [-0.15, -0.1) is 5.10 Å². The van der Waals surface area contributed by atoms with Gasteiger partial charge in [-0.05, 0) is 45.8 Å². The van der Waals surface area contributed by atoms with Crippen LogP contribution in [0.15, 0.2) is 29.1 Å².